The van der Waals surface area contributed by atoms with Gasteiger partial charge in [0.05, 0.1) is 6.61 Å². The van der Waals surface area contributed by atoms with E-state index in [0.29, 0.717) is 6.54 Å². The number of unbranched alkanes of at least 4 members (excludes halogenated alkanes) is 1. The van der Waals surface area contributed by atoms with Crippen molar-refractivity contribution in [3.63, 3.8) is 0 Å². The van der Waals surface area contributed by atoms with Crippen molar-refractivity contribution in [3.8, 4) is 0 Å². The minimum Gasteiger partial charge on any atom is -0.480 e. The van der Waals surface area contributed by atoms with Crippen molar-refractivity contribution in [1.82, 2.24) is 10.2 Å². The van der Waals surface area contributed by atoms with Crippen LogP contribution in [0, 0.1) is 0 Å². The van der Waals surface area contributed by atoms with Crippen LogP contribution in [0.4, 0.5) is 4.79 Å². The van der Waals surface area contributed by atoms with Crippen molar-refractivity contribution in [2.24, 2.45) is 5.73 Å². The van der Waals surface area contributed by atoms with Gasteiger partial charge in [0.1, 0.15) is 6.04 Å². The molecule has 0 aromatic rings. The van der Waals surface area contributed by atoms with Crippen molar-refractivity contribution < 1.29 is 24.6 Å². The number of nitrogens with one attached hydrogen (secondary N) is 1. The second-order valence-corrected chi connectivity index (χ2v) is 4.41. The molecule has 0 aliphatic heterocycles. The van der Waals surface area contributed by atoms with Crippen LogP contribution >= 0.6 is 0 Å². The first kappa shape index (κ1) is 18.2. The van der Waals surface area contributed by atoms with E-state index < -0.39 is 23.9 Å². The summed E-state index contributed by atoms with van der Waals surface area (Å²) < 4.78 is 0. The van der Waals surface area contributed by atoms with Gasteiger partial charge in [0.25, 0.3) is 0 Å². The molecule has 0 aromatic heterocycles. The molecule has 0 aromatic carbocycles. The smallest absolute Gasteiger partial charge is 0.326 e. The van der Waals surface area contributed by atoms with Crippen LogP contribution in [-0.4, -0.2) is 58.8 Å². The zero-order chi connectivity index (χ0) is 15.5. The van der Waals surface area contributed by atoms with Gasteiger partial charge in [-0.25, -0.2) is 9.59 Å². The minimum absolute atomic E-state index is 0.0584. The molecule has 0 fully saturated rings. The lowest BCUT2D eigenvalue weighted by Gasteiger charge is -2.24. The van der Waals surface area contributed by atoms with Crippen LogP contribution in [-0.2, 0) is 9.59 Å². The van der Waals surface area contributed by atoms with Crippen LogP contribution in [0.3, 0.4) is 0 Å². The molecule has 3 amide bonds. The zero-order valence-corrected chi connectivity index (χ0v) is 11.7. The van der Waals surface area contributed by atoms with Gasteiger partial charge >= 0.3 is 12.0 Å². The van der Waals surface area contributed by atoms with E-state index in [0.717, 1.165) is 12.8 Å². The second kappa shape index (κ2) is 10.0. The Morgan fingerprint density at radius 3 is 2.40 bits per heavy atom. The molecule has 20 heavy (non-hydrogen) atoms. The molecule has 116 valence electrons. The highest BCUT2D eigenvalue weighted by atomic mass is 16.4. The highest BCUT2D eigenvalue weighted by Gasteiger charge is 2.23. The van der Waals surface area contributed by atoms with Gasteiger partial charge < -0.3 is 26.2 Å². The number of nitrogens with zero attached hydrogens (tertiary/aromatic N) is 1. The number of carbonyl (C=O) groups excluding carboxylic acids is 2. The zero-order valence-electron chi connectivity index (χ0n) is 11.7. The third-order valence-corrected chi connectivity index (χ3v) is 2.71. The minimum atomic E-state index is -1.22. The Morgan fingerprint density at radius 2 is 1.95 bits per heavy atom. The average molecular weight is 289 g/mol. The molecule has 0 heterocycles. The number of carbonyl (C=O) groups is 3. The van der Waals surface area contributed by atoms with Gasteiger partial charge in [-0.1, -0.05) is 13.3 Å². The fourth-order valence-corrected chi connectivity index (χ4v) is 1.57. The van der Waals surface area contributed by atoms with Crippen molar-refractivity contribution in [1.29, 1.82) is 0 Å². The van der Waals surface area contributed by atoms with Crippen LogP contribution in [0.1, 0.15) is 32.6 Å². The number of primary amides is 1. The first-order valence-electron chi connectivity index (χ1n) is 6.59. The van der Waals surface area contributed by atoms with E-state index in [2.05, 4.69) is 5.32 Å². The molecule has 0 saturated carbocycles. The van der Waals surface area contributed by atoms with Gasteiger partial charge in [0.15, 0.2) is 0 Å². The maximum Gasteiger partial charge on any atom is 0.326 e. The third kappa shape index (κ3) is 7.57. The summed E-state index contributed by atoms with van der Waals surface area (Å²) in [5.41, 5.74) is 4.96. The number of hydrogen-bond acceptors (Lipinski definition) is 4. The van der Waals surface area contributed by atoms with Gasteiger partial charge in [-0.15, -0.1) is 0 Å². The summed E-state index contributed by atoms with van der Waals surface area (Å²) >= 11 is 0. The van der Waals surface area contributed by atoms with E-state index >= 15 is 0 Å². The monoisotopic (exact) mass is 289 g/mol. The van der Waals surface area contributed by atoms with Crippen LogP contribution < -0.4 is 11.1 Å². The van der Waals surface area contributed by atoms with Crippen LogP contribution in [0.5, 0.6) is 0 Å². The number of carboxylic acid groups (broad SMARTS) is 1. The molecule has 0 unspecified atom stereocenters. The predicted molar refractivity (Wildman–Crippen MR) is 72.0 cm³/mol. The summed E-state index contributed by atoms with van der Waals surface area (Å²) in [4.78, 5) is 34.9. The first-order chi connectivity index (χ1) is 9.42. The largest absolute Gasteiger partial charge is 0.480 e. The average Bonchev–Trinajstić information content (AvgIpc) is 2.38. The standard InChI is InChI=1S/C12H23N3O5/c1-2-3-6-15(7-8-16)12(20)14-9(11(18)19)4-5-10(13)17/h9,16H,2-8H2,1H3,(H2,13,17)(H,14,20)(H,18,19)/t9-/m1/s1. The lowest BCUT2D eigenvalue weighted by Crippen LogP contribution is -2.49. The number of carboxylic acids is 1. The molecule has 1 atom stereocenters. The quantitative estimate of drug-likeness (QED) is 0.430. The van der Waals surface area contributed by atoms with Crippen molar-refractivity contribution >= 4 is 17.9 Å². The van der Waals surface area contributed by atoms with Crippen molar-refractivity contribution in [3.05, 3.63) is 0 Å². The first-order valence-corrected chi connectivity index (χ1v) is 6.59. The highest BCUT2D eigenvalue weighted by Crippen LogP contribution is 2.01. The maximum atomic E-state index is 11.9. The van der Waals surface area contributed by atoms with Crippen LogP contribution in [0.25, 0.3) is 0 Å². The van der Waals surface area contributed by atoms with Gasteiger partial charge in [-0.2, -0.15) is 0 Å². The summed E-state index contributed by atoms with van der Waals surface area (Å²) in [6.07, 6.45) is 1.45. The summed E-state index contributed by atoms with van der Waals surface area (Å²) in [5.74, 6) is -1.84. The van der Waals surface area contributed by atoms with Crippen LogP contribution in [0.15, 0.2) is 0 Å². The molecule has 8 nitrogen and oxygen atoms in total. The fourth-order valence-electron chi connectivity index (χ4n) is 1.57. The second-order valence-electron chi connectivity index (χ2n) is 4.41. The Morgan fingerprint density at radius 1 is 1.30 bits per heavy atom. The Labute approximate surface area is 117 Å². The Bertz CT molecular complexity index is 335. The number of hydrogen-bond donors (Lipinski definition) is 4. The molecular weight excluding hydrogens is 266 g/mol. The molecule has 0 bridgehead atoms. The summed E-state index contributed by atoms with van der Waals surface area (Å²) in [7, 11) is 0. The van der Waals surface area contributed by atoms with Crippen molar-refractivity contribution in [2.45, 2.75) is 38.6 Å². The van der Waals surface area contributed by atoms with E-state index in [1.54, 1.807) is 0 Å². The summed E-state index contributed by atoms with van der Waals surface area (Å²) in [6.45, 7) is 2.33. The number of rotatable bonds is 10. The Balaban J connectivity index is 4.52. The molecule has 8 heteroatoms. The number of urea groups is 1. The van der Waals surface area contributed by atoms with E-state index in [9.17, 15) is 14.4 Å². The van der Waals surface area contributed by atoms with Crippen molar-refractivity contribution in [2.75, 3.05) is 19.7 Å². The summed E-state index contributed by atoms with van der Waals surface area (Å²) in [6, 6.07) is -1.73. The molecular formula is C12H23N3O5. The normalized spacial score (nSPS) is 11.7. The number of aliphatic carboxylic acids is 1. The van der Waals surface area contributed by atoms with Gasteiger partial charge in [0.2, 0.25) is 5.91 Å². The molecule has 0 saturated heterocycles. The van der Waals surface area contributed by atoms with Gasteiger partial charge in [-0.05, 0) is 12.8 Å². The number of nitrogens with two attached hydrogens (primary N) is 1. The highest BCUT2D eigenvalue weighted by molar-refractivity contribution is 5.83. The third-order valence-electron chi connectivity index (χ3n) is 2.71. The summed E-state index contributed by atoms with van der Waals surface area (Å²) in [5, 5.41) is 20.2. The SMILES string of the molecule is CCCCN(CCO)C(=O)N[C@H](CCC(N)=O)C(=O)O. The van der Waals surface area contributed by atoms with E-state index in [1.165, 1.54) is 4.90 Å². The van der Waals surface area contributed by atoms with E-state index in [-0.39, 0.29) is 26.0 Å². The molecule has 0 aliphatic carbocycles. The number of aliphatic hydroxyl groups excluding tert-OH is 1. The molecule has 0 aliphatic rings. The van der Waals surface area contributed by atoms with Crippen LogP contribution in [0.2, 0.25) is 0 Å². The molecule has 0 rings (SSSR count). The lowest BCUT2D eigenvalue weighted by molar-refractivity contribution is -0.139. The molecule has 0 spiro atoms. The lowest BCUT2D eigenvalue weighted by atomic mass is 10.1. The van der Waals surface area contributed by atoms with Gasteiger partial charge in [-0.3, -0.25) is 4.79 Å². The number of aliphatic hydroxyl groups is 1. The molecule has 0 radical (unpaired) electrons. The van der Waals surface area contributed by atoms with E-state index in [4.69, 9.17) is 15.9 Å². The van der Waals surface area contributed by atoms with Gasteiger partial charge in [0, 0.05) is 19.5 Å². The van der Waals surface area contributed by atoms with E-state index in [1.807, 2.05) is 6.92 Å². The number of amides is 3. The Hall–Kier alpha value is -1.83. The maximum absolute atomic E-state index is 11.9. The molecule has 5 N–H and O–H groups in total. The topological polar surface area (TPSA) is 133 Å². The Kier molecular flexibility index (Phi) is 9.10. The fraction of sp³-hybridized carbons (Fsp3) is 0.750. The predicted octanol–water partition coefficient (Wildman–Crippen LogP) is -0.491.